The molecule has 1 heterocycles. The Morgan fingerprint density at radius 3 is 2.38 bits per heavy atom. The van der Waals surface area contributed by atoms with Crippen LogP contribution in [0.4, 0.5) is 10.5 Å². The molecule has 1 aromatic carbocycles. The second-order valence-corrected chi connectivity index (χ2v) is 12.0. The molecular weight excluding hydrogens is 586 g/mol. The van der Waals surface area contributed by atoms with Crippen LogP contribution in [0.2, 0.25) is 0 Å². The van der Waals surface area contributed by atoms with E-state index in [0.717, 1.165) is 5.56 Å². The molecule has 0 saturated heterocycles. The standard InChI is InChI=1S/C32H45N3O10/c1-6-43-31(42)45-21(4)44-27(37)19-35-25-12-8-7-11-22(25)13-14-24(28(35)38)33-30(41)32(15-9-10-16-32)18-23(29(39)40)17-26(36)34(5)20(2)3/h7-8,11-12,20-21,23-24H,6,9-10,13-19H2,1-5H3,(H,33,41)(H,39,40)/t21?,23?,24-/m0/s1. The molecule has 1 aliphatic carbocycles. The molecule has 3 atom stereocenters. The first-order valence-electron chi connectivity index (χ1n) is 15.5. The zero-order chi connectivity index (χ0) is 33.3. The highest BCUT2D eigenvalue weighted by molar-refractivity contribution is 6.03. The summed E-state index contributed by atoms with van der Waals surface area (Å²) >= 11 is 0. The van der Waals surface area contributed by atoms with E-state index in [1.165, 1.54) is 16.7 Å². The predicted octanol–water partition coefficient (Wildman–Crippen LogP) is 3.42. The summed E-state index contributed by atoms with van der Waals surface area (Å²) in [6, 6.07) is 5.97. The molecular formula is C32H45N3O10. The molecule has 3 amide bonds. The second kappa shape index (κ2) is 15.7. The van der Waals surface area contributed by atoms with E-state index in [9.17, 15) is 33.9 Å². The summed E-state index contributed by atoms with van der Waals surface area (Å²) in [4.78, 5) is 80.1. The van der Waals surface area contributed by atoms with Gasteiger partial charge >= 0.3 is 18.1 Å². The summed E-state index contributed by atoms with van der Waals surface area (Å²) in [6.07, 6.45) is 0.472. The maximum atomic E-state index is 14.0. The van der Waals surface area contributed by atoms with Crippen molar-refractivity contribution in [1.29, 1.82) is 0 Å². The quantitative estimate of drug-likeness (QED) is 0.243. The normalized spacial score (nSPS) is 18.7. The third-order valence-corrected chi connectivity index (χ3v) is 8.58. The molecule has 0 bridgehead atoms. The fourth-order valence-corrected chi connectivity index (χ4v) is 5.92. The molecule has 0 radical (unpaired) electrons. The van der Waals surface area contributed by atoms with Crippen molar-refractivity contribution in [2.75, 3.05) is 25.1 Å². The number of para-hydroxylation sites is 1. The molecule has 13 heteroatoms. The van der Waals surface area contributed by atoms with Crippen LogP contribution in [0.1, 0.15) is 78.2 Å². The maximum Gasteiger partial charge on any atom is 0.511 e. The van der Waals surface area contributed by atoms with Crippen LogP contribution in [0.25, 0.3) is 0 Å². The van der Waals surface area contributed by atoms with Crippen molar-refractivity contribution in [3.8, 4) is 0 Å². The highest BCUT2D eigenvalue weighted by Gasteiger charge is 2.46. The van der Waals surface area contributed by atoms with Crippen molar-refractivity contribution < 1.29 is 48.1 Å². The molecule has 1 fully saturated rings. The fourth-order valence-electron chi connectivity index (χ4n) is 5.92. The average Bonchev–Trinajstić information content (AvgIpc) is 3.42. The fraction of sp³-hybridized carbons (Fsp3) is 0.625. The molecule has 2 aliphatic rings. The number of nitrogens with one attached hydrogen (secondary N) is 1. The Morgan fingerprint density at radius 2 is 1.76 bits per heavy atom. The lowest BCUT2D eigenvalue weighted by Gasteiger charge is -2.33. The van der Waals surface area contributed by atoms with Gasteiger partial charge in [0, 0.05) is 32.1 Å². The Bertz CT molecular complexity index is 1260. The number of nitrogens with zero attached hydrogens (tertiary/aromatic N) is 2. The summed E-state index contributed by atoms with van der Waals surface area (Å²) in [5.74, 6) is -4.32. The number of aryl methyl sites for hydroxylation is 1. The van der Waals surface area contributed by atoms with Crippen molar-refractivity contribution in [2.24, 2.45) is 11.3 Å². The van der Waals surface area contributed by atoms with Gasteiger partial charge in [-0.3, -0.25) is 28.9 Å². The predicted molar refractivity (Wildman–Crippen MR) is 162 cm³/mol. The van der Waals surface area contributed by atoms with Crippen molar-refractivity contribution >= 4 is 41.5 Å². The van der Waals surface area contributed by atoms with Crippen LogP contribution in [-0.4, -0.2) is 84.4 Å². The number of fused-ring (bicyclic) bond motifs is 1. The van der Waals surface area contributed by atoms with Crippen LogP contribution in [0.5, 0.6) is 0 Å². The van der Waals surface area contributed by atoms with E-state index in [1.54, 1.807) is 26.1 Å². The van der Waals surface area contributed by atoms with Crippen LogP contribution in [0.15, 0.2) is 24.3 Å². The van der Waals surface area contributed by atoms with Gasteiger partial charge in [-0.1, -0.05) is 31.0 Å². The molecule has 0 aromatic heterocycles. The van der Waals surface area contributed by atoms with Gasteiger partial charge in [-0.05, 0) is 64.5 Å². The van der Waals surface area contributed by atoms with Gasteiger partial charge in [0.15, 0.2) is 0 Å². The third-order valence-electron chi connectivity index (χ3n) is 8.58. The largest absolute Gasteiger partial charge is 0.511 e. The number of aliphatic carboxylic acids is 1. The molecule has 1 saturated carbocycles. The van der Waals surface area contributed by atoms with E-state index < -0.39 is 60.1 Å². The lowest BCUT2D eigenvalue weighted by atomic mass is 9.75. The SMILES string of the molecule is CCOC(=O)OC(C)OC(=O)CN1C(=O)[C@@H](NC(=O)C2(CC(CC(=O)N(C)C(C)C)C(=O)O)CCCC2)CCc2ccccc21. The topological polar surface area (TPSA) is 169 Å². The third kappa shape index (κ3) is 9.18. The van der Waals surface area contributed by atoms with E-state index in [2.05, 4.69) is 5.32 Å². The average molecular weight is 632 g/mol. The number of carbonyl (C=O) groups excluding carboxylic acids is 5. The number of carboxylic acid groups (broad SMARTS) is 1. The molecule has 0 spiro atoms. The van der Waals surface area contributed by atoms with Crippen LogP contribution in [0.3, 0.4) is 0 Å². The van der Waals surface area contributed by atoms with E-state index >= 15 is 0 Å². The van der Waals surface area contributed by atoms with Gasteiger partial charge in [0.1, 0.15) is 12.6 Å². The lowest BCUT2D eigenvalue weighted by Crippen LogP contribution is -2.53. The van der Waals surface area contributed by atoms with Crippen molar-refractivity contribution in [2.45, 2.75) is 97.4 Å². The number of ether oxygens (including phenoxy) is 3. The number of rotatable bonds is 13. The van der Waals surface area contributed by atoms with Crippen molar-refractivity contribution in [3.63, 3.8) is 0 Å². The number of esters is 1. The minimum absolute atomic E-state index is 0.0264. The Labute approximate surface area is 263 Å². The van der Waals surface area contributed by atoms with Gasteiger partial charge in [-0.15, -0.1) is 0 Å². The van der Waals surface area contributed by atoms with Crippen LogP contribution >= 0.6 is 0 Å². The van der Waals surface area contributed by atoms with Crippen LogP contribution in [0, 0.1) is 11.3 Å². The molecule has 2 unspecified atom stereocenters. The van der Waals surface area contributed by atoms with Gasteiger partial charge in [0.05, 0.1) is 17.9 Å². The second-order valence-electron chi connectivity index (χ2n) is 12.0. The first-order valence-corrected chi connectivity index (χ1v) is 15.5. The molecule has 13 nitrogen and oxygen atoms in total. The van der Waals surface area contributed by atoms with E-state index in [1.807, 2.05) is 26.0 Å². The monoisotopic (exact) mass is 631 g/mol. The number of hydrogen-bond donors (Lipinski definition) is 2. The summed E-state index contributed by atoms with van der Waals surface area (Å²) in [7, 11) is 1.62. The zero-order valence-electron chi connectivity index (χ0n) is 26.7. The number of anilines is 1. The Hall–Kier alpha value is -4.16. The van der Waals surface area contributed by atoms with Crippen LogP contribution < -0.4 is 10.2 Å². The number of amides is 3. The summed E-state index contributed by atoms with van der Waals surface area (Å²) in [6.45, 7) is 6.19. The summed E-state index contributed by atoms with van der Waals surface area (Å²) < 4.78 is 14.8. The van der Waals surface area contributed by atoms with Crippen molar-refractivity contribution in [3.05, 3.63) is 29.8 Å². The van der Waals surface area contributed by atoms with Crippen LogP contribution in [-0.2, 0) is 44.6 Å². The molecule has 45 heavy (non-hydrogen) atoms. The first-order chi connectivity index (χ1) is 21.3. The molecule has 3 rings (SSSR count). The number of hydrogen-bond acceptors (Lipinski definition) is 9. The van der Waals surface area contributed by atoms with Gasteiger partial charge < -0.3 is 29.5 Å². The highest BCUT2D eigenvalue weighted by atomic mass is 16.8. The first kappa shape index (κ1) is 35.3. The maximum absolute atomic E-state index is 14.0. The number of carbonyl (C=O) groups is 6. The molecule has 1 aromatic rings. The Kier molecular flexibility index (Phi) is 12.3. The van der Waals surface area contributed by atoms with E-state index in [-0.39, 0.29) is 37.8 Å². The number of benzene rings is 1. The smallest absolute Gasteiger partial charge is 0.481 e. The van der Waals surface area contributed by atoms with Crippen molar-refractivity contribution in [1.82, 2.24) is 10.2 Å². The lowest BCUT2D eigenvalue weighted by molar-refractivity contribution is -0.166. The van der Waals surface area contributed by atoms with Gasteiger partial charge in [0.25, 0.3) is 0 Å². The van der Waals surface area contributed by atoms with Gasteiger partial charge in [0.2, 0.25) is 24.0 Å². The molecule has 1 aliphatic heterocycles. The molecule has 248 valence electrons. The van der Waals surface area contributed by atoms with E-state index in [4.69, 9.17) is 14.2 Å². The Balaban J connectivity index is 1.79. The van der Waals surface area contributed by atoms with E-state index in [0.29, 0.717) is 37.8 Å². The minimum atomic E-state index is -1.26. The summed E-state index contributed by atoms with van der Waals surface area (Å²) in [5.41, 5.74) is 0.230. The van der Waals surface area contributed by atoms with Gasteiger partial charge in [-0.2, -0.15) is 0 Å². The molecule has 2 N–H and O–H groups in total. The summed E-state index contributed by atoms with van der Waals surface area (Å²) in [5, 5.41) is 12.9. The highest BCUT2D eigenvalue weighted by Crippen LogP contribution is 2.44. The minimum Gasteiger partial charge on any atom is -0.481 e. The number of carboxylic acids is 1. The Morgan fingerprint density at radius 1 is 1.09 bits per heavy atom. The van der Waals surface area contributed by atoms with Gasteiger partial charge in [-0.25, -0.2) is 4.79 Å². The zero-order valence-corrected chi connectivity index (χ0v) is 26.7.